The standard InChI is InChI=1S/C17H18N4S2/c1-17(2,3)13-8-6-12(7-9-13)15-19-20-16(22)21(15)18-11-14-5-4-10-23-14/h4-11H,1-3H3,(H,20,22)/b18-11-. The number of hydrogen-bond donors (Lipinski definition) is 1. The van der Waals surface area contributed by atoms with Crippen molar-refractivity contribution in [2.75, 3.05) is 0 Å². The lowest BCUT2D eigenvalue weighted by molar-refractivity contribution is 0.590. The van der Waals surface area contributed by atoms with Crippen LogP contribution in [0.1, 0.15) is 31.2 Å². The van der Waals surface area contributed by atoms with Crippen LogP contribution in [0.5, 0.6) is 0 Å². The Morgan fingerprint density at radius 2 is 1.96 bits per heavy atom. The van der Waals surface area contributed by atoms with Crippen LogP contribution in [0.4, 0.5) is 0 Å². The Labute approximate surface area is 144 Å². The predicted molar refractivity (Wildman–Crippen MR) is 98.9 cm³/mol. The van der Waals surface area contributed by atoms with E-state index in [9.17, 15) is 0 Å². The van der Waals surface area contributed by atoms with Crippen molar-refractivity contribution in [3.8, 4) is 11.4 Å². The maximum atomic E-state index is 5.29. The van der Waals surface area contributed by atoms with Gasteiger partial charge in [-0.3, -0.25) is 0 Å². The third-order valence-electron chi connectivity index (χ3n) is 3.50. The molecule has 3 rings (SSSR count). The molecule has 2 aromatic heterocycles. The number of nitrogens with one attached hydrogen (secondary N) is 1. The van der Waals surface area contributed by atoms with Crippen LogP contribution >= 0.6 is 23.6 Å². The van der Waals surface area contributed by atoms with Crippen LogP contribution < -0.4 is 0 Å². The van der Waals surface area contributed by atoms with Crippen molar-refractivity contribution in [1.29, 1.82) is 0 Å². The van der Waals surface area contributed by atoms with Gasteiger partial charge in [0.1, 0.15) is 0 Å². The van der Waals surface area contributed by atoms with Gasteiger partial charge in [-0.15, -0.1) is 11.3 Å². The highest BCUT2D eigenvalue weighted by Crippen LogP contribution is 2.25. The zero-order valence-corrected chi connectivity index (χ0v) is 14.9. The zero-order valence-electron chi connectivity index (χ0n) is 13.3. The molecular weight excluding hydrogens is 324 g/mol. The van der Waals surface area contributed by atoms with Crippen LogP contribution in [0.25, 0.3) is 11.4 Å². The van der Waals surface area contributed by atoms with E-state index in [1.807, 2.05) is 17.5 Å². The number of hydrogen-bond acceptors (Lipinski definition) is 4. The van der Waals surface area contributed by atoms with Crippen molar-refractivity contribution >= 4 is 29.8 Å². The van der Waals surface area contributed by atoms with Crippen LogP contribution in [0, 0.1) is 4.77 Å². The molecular formula is C17H18N4S2. The molecule has 0 saturated carbocycles. The monoisotopic (exact) mass is 342 g/mol. The van der Waals surface area contributed by atoms with Gasteiger partial charge in [-0.25, -0.2) is 5.10 Å². The molecule has 0 bridgehead atoms. The Kier molecular flexibility index (Phi) is 4.28. The fourth-order valence-corrected chi connectivity index (χ4v) is 2.94. The largest absolute Gasteiger partial charge is 0.250 e. The smallest absolute Gasteiger partial charge is 0.216 e. The molecule has 0 aliphatic heterocycles. The van der Waals surface area contributed by atoms with Crippen molar-refractivity contribution in [1.82, 2.24) is 14.9 Å². The molecule has 3 aromatic rings. The average molecular weight is 342 g/mol. The van der Waals surface area contributed by atoms with E-state index in [1.54, 1.807) is 22.2 Å². The van der Waals surface area contributed by atoms with Crippen LogP contribution in [-0.4, -0.2) is 21.1 Å². The molecule has 0 unspecified atom stereocenters. The minimum atomic E-state index is 0.126. The maximum absolute atomic E-state index is 5.29. The summed E-state index contributed by atoms with van der Waals surface area (Å²) in [6.07, 6.45) is 1.79. The van der Waals surface area contributed by atoms with Gasteiger partial charge in [0.05, 0.1) is 6.21 Å². The summed E-state index contributed by atoms with van der Waals surface area (Å²) in [6.45, 7) is 6.59. The lowest BCUT2D eigenvalue weighted by atomic mass is 9.87. The van der Waals surface area contributed by atoms with E-state index in [0.29, 0.717) is 10.6 Å². The topological polar surface area (TPSA) is 46.0 Å². The summed E-state index contributed by atoms with van der Waals surface area (Å²) in [5.41, 5.74) is 2.39. The molecule has 0 aliphatic carbocycles. The SMILES string of the molecule is CC(C)(C)c1ccc(-c2n[nH]c(=S)n2/N=C\c2cccs2)cc1. The van der Waals surface area contributed by atoms with E-state index >= 15 is 0 Å². The quantitative estimate of drug-likeness (QED) is 0.546. The van der Waals surface area contributed by atoms with Crippen LogP contribution in [-0.2, 0) is 5.41 Å². The second kappa shape index (κ2) is 6.22. The molecule has 1 N–H and O–H groups in total. The van der Waals surface area contributed by atoms with Crippen LogP contribution in [0.2, 0.25) is 0 Å². The summed E-state index contributed by atoms with van der Waals surface area (Å²) in [4.78, 5) is 1.07. The van der Waals surface area contributed by atoms with Gasteiger partial charge in [-0.1, -0.05) is 51.1 Å². The molecule has 23 heavy (non-hydrogen) atoms. The van der Waals surface area contributed by atoms with Crippen molar-refractivity contribution in [3.05, 3.63) is 57.0 Å². The molecule has 0 aliphatic rings. The second-order valence-electron chi connectivity index (χ2n) is 6.25. The van der Waals surface area contributed by atoms with Gasteiger partial charge in [-0.2, -0.15) is 14.9 Å². The molecule has 4 nitrogen and oxygen atoms in total. The van der Waals surface area contributed by atoms with Gasteiger partial charge in [-0.05, 0) is 34.6 Å². The number of aromatic nitrogens is 3. The van der Waals surface area contributed by atoms with E-state index in [-0.39, 0.29) is 5.41 Å². The Hall–Kier alpha value is -2.05. The Morgan fingerprint density at radius 1 is 1.22 bits per heavy atom. The Bertz CT molecular complexity index is 863. The van der Waals surface area contributed by atoms with Gasteiger partial charge < -0.3 is 0 Å². The molecule has 0 spiro atoms. The van der Waals surface area contributed by atoms with E-state index in [4.69, 9.17) is 12.2 Å². The minimum Gasteiger partial charge on any atom is -0.250 e. The van der Waals surface area contributed by atoms with E-state index < -0.39 is 0 Å². The van der Waals surface area contributed by atoms with Crippen LogP contribution in [0.3, 0.4) is 0 Å². The Morgan fingerprint density at radius 3 is 2.57 bits per heavy atom. The number of thiophene rings is 1. The summed E-state index contributed by atoms with van der Waals surface area (Å²) in [5.74, 6) is 0.711. The fourth-order valence-electron chi connectivity index (χ4n) is 2.18. The molecule has 2 heterocycles. The average Bonchev–Trinajstić information content (AvgIpc) is 3.14. The highest BCUT2D eigenvalue weighted by atomic mass is 32.1. The second-order valence-corrected chi connectivity index (χ2v) is 7.62. The third kappa shape index (κ3) is 3.48. The van der Waals surface area contributed by atoms with E-state index in [2.05, 4.69) is 60.3 Å². The maximum Gasteiger partial charge on any atom is 0.216 e. The molecule has 6 heteroatoms. The molecule has 1 aromatic carbocycles. The first kappa shape index (κ1) is 15.8. The van der Waals surface area contributed by atoms with Crippen molar-refractivity contribution in [3.63, 3.8) is 0 Å². The Balaban J connectivity index is 1.96. The first-order valence-corrected chi connectivity index (χ1v) is 8.60. The number of nitrogens with zero attached hydrogens (tertiary/aromatic N) is 3. The molecule has 0 saturated heterocycles. The van der Waals surface area contributed by atoms with Crippen molar-refractivity contribution in [2.24, 2.45) is 5.10 Å². The van der Waals surface area contributed by atoms with Crippen molar-refractivity contribution in [2.45, 2.75) is 26.2 Å². The van der Waals surface area contributed by atoms with Gasteiger partial charge in [0.2, 0.25) is 4.77 Å². The third-order valence-corrected chi connectivity index (χ3v) is 4.57. The summed E-state index contributed by atoms with van der Waals surface area (Å²) >= 11 is 6.92. The van der Waals surface area contributed by atoms with E-state index in [1.165, 1.54) is 5.56 Å². The molecule has 118 valence electrons. The van der Waals surface area contributed by atoms with Crippen molar-refractivity contribution < 1.29 is 0 Å². The fraction of sp³-hybridized carbons (Fsp3) is 0.235. The number of aromatic amines is 1. The predicted octanol–water partition coefficient (Wildman–Crippen LogP) is 4.85. The number of rotatable bonds is 3. The zero-order chi connectivity index (χ0) is 16.4. The lowest BCUT2D eigenvalue weighted by Crippen LogP contribution is -2.10. The molecule has 0 atom stereocenters. The summed E-state index contributed by atoms with van der Waals surface area (Å²) in [7, 11) is 0. The lowest BCUT2D eigenvalue weighted by Gasteiger charge is -2.18. The summed E-state index contributed by atoms with van der Waals surface area (Å²) in [6, 6.07) is 12.4. The minimum absolute atomic E-state index is 0.126. The molecule has 0 radical (unpaired) electrons. The molecule has 0 fully saturated rings. The number of benzene rings is 1. The van der Waals surface area contributed by atoms with Gasteiger partial charge >= 0.3 is 0 Å². The van der Waals surface area contributed by atoms with E-state index in [0.717, 1.165) is 10.4 Å². The highest BCUT2D eigenvalue weighted by molar-refractivity contribution is 7.71. The first-order valence-electron chi connectivity index (χ1n) is 7.31. The van der Waals surface area contributed by atoms with Gasteiger partial charge in [0, 0.05) is 10.4 Å². The van der Waals surface area contributed by atoms with Gasteiger partial charge in [0.15, 0.2) is 5.82 Å². The summed E-state index contributed by atoms with van der Waals surface area (Å²) in [5, 5.41) is 13.6. The molecule has 0 amide bonds. The van der Waals surface area contributed by atoms with Crippen LogP contribution in [0.15, 0.2) is 46.9 Å². The first-order chi connectivity index (χ1) is 10.9. The number of H-pyrrole nitrogens is 1. The van der Waals surface area contributed by atoms with Gasteiger partial charge in [0.25, 0.3) is 0 Å². The summed E-state index contributed by atoms with van der Waals surface area (Å²) < 4.78 is 2.13. The normalized spacial score (nSPS) is 12.1. The highest BCUT2D eigenvalue weighted by Gasteiger charge is 2.14.